The van der Waals surface area contributed by atoms with Gasteiger partial charge < -0.3 is 4.42 Å². The summed E-state index contributed by atoms with van der Waals surface area (Å²) in [5.41, 5.74) is 11.7. The van der Waals surface area contributed by atoms with Gasteiger partial charge in [-0.3, -0.25) is 4.57 Å². The number of nitrogens with zero attached hydrogens (tertiary/aromatic N) is 3. The fourth-order valence-electron chi connectivity index (χ4n) is 9.85. The lowest BCUT2D eigenvalue weighted by atomic mass is 9.83. The topological polar surface area (TPSA) is 43.9 Å². The van der Waals surface area contributed by atoms with E-state index >= 15 is 0 Å². The number of benzene rings is 8. The molecule has 0 bridgehead atoms. The number of allylic oxidation sites excluding steroid dienone is 1. The number of furan rings is 1. The highest BCUT2D eigenvalue weighted by Gasteiger charge is 2.29. The molecule has 57 heavy (non-hydrogen) atoms. The van der Waals surface area contributed by atoms with Crippen LogP contribution in [-0.4, -0.2) is 14.5 Å². The van der Waals surface area contributed by atoms with Gasteiger partial charge in [0.15, 0.2) is 11.4 Å². The van der Waals surface area contributed by atoms with Crippen LogP contribution in [0.1, 0.15) is 36.1 Å². The summed E-state index contributed by atoms with van der Waals surface area (Å²) in [6.07, 6.45) is 5.68. The number of para-hydroxylation sites is 1. The van der Waals surface area contributed by atoms with E-state index in [9.17, 15) is 0 Å². The minimum atomic E-state index is 0.323. The van der Waals surface area contributed by atoms with E-state index in [4.69, 9.17) is 14.4 Å². The second kappa shape index (κ2) is 11.4. The summed E-state index contributed by atoms with van der Waals surface area (Å²) in [5, 5.41) is 12.0. The predicted molar refractivity (Wildman–Crippen MR) is 241 cm³/mol. The van der Waals surface area contributed by atoms with Gasteiger partial charge in [-0.1, -0.05) is 110 Å². The molecule has 0 amide bonds. The van der Waals surface area contributed by atoms with Gasteiger partial charge in [-0.25, -0.2) is 9.97 Å². The quantitative estimate of drug-likeness (QED) is 0.165. The van der Waals surface area contributed by atoms with Gasteiger partial charge in [0.05, 0.1) is 27.8 Å². The SMILES string of the molecule is Cc1nc2ccc3ccccc3c2nc1-n1c2ccccc2c2c3c(c4c5cc6cc(-c7ccc8c(c7)sc7ccccc78)ccc6cc5oc4c21)C(C)CC=C3. The lowest BCUT2D eigenvalue weighted by Crippen LogP contribution is -2.05. The van der Waals surface area contributed by atoms with E-state index in [1.54, 1.807) is 0 Å². The van der Waals surface area contributed by atoms with E-state index in [1.165, 1.54) is 64.0 Å². The second-order valence-electron chi connectivity index (χ2n) is 15.8. The molecule has 5 heteroatoms. The van der Waals surface area contributed by atoms with E-state index in [0.29, 0.717) is 5.92 Å². The molecule has 1 aliphatic rings. The Balaban J connectivity index is 1.11. The molecule has 0 saturated carbocycles. The zero-order chi connectivity index (χ0) is 37.5. The number of hydrogen-bond donors (Lipinski definition) is 0. The van der Waals surface area contributed by atoms with Gasteiger partial charge in [-0.15, -0.1) is 11.3 Å². The van der Waals surface area contributed by atoms with Crippen LogP contribution in [-0.2, 0) is 0 Å². The summed E-state index contributed by atoms with van der Waals surface area (Å²) in [6, 6.07) is 48.5. The normalized spacial score (nSPS) is 14.5. The summed E-state index contributed by atoms with van der Waals surface area (Å²) in [6.45, 7) is 4.44. The molecular weight excluding hydrogens is 715 g/mol. The number of aromatic nitrogens is 3. The summed E-state index contributed by atoms with van der Waals surface area (Å²) in [4.78, 5) is 10.7. The van der Waals surface area contributed by atoms with Crippen molar-refractivity contribution in [3.05, 3.63) is 156 Å². The minimum Gasteiger partial charge on any atom is -0.454 e. The Bertz CT molecular complexity index is 3770. The average molecular weight is 748 g/mol. The van der Waals surface area contributed by atoms with Crippen LogP contribution in [0.15, 0.2) is 144 Å². The fourth-order valence-corrected chi connectivity index (χ4v) is 11.0. The third-order valence-electron chi connectivity index (χ3n) is 12.5. The van der Waals surface area contributed by atoms with Crippen LogP contribution in [0.4, 0.5) is 0 Å². The van der Waals surface area contributed by atoms with Crippen LogP contribution in [0.25, 0.3) is 120 Å². The molecule has 1 aliphatic carbocycles. The first-order chi connectivity index (χ1) is 28.1. The zero-order valence-corrected chi connectivity index (χ0v) is 32.1. The molecule has 8 aromatic carbocycles. The average Bonchev–Trinajstić information content (AvgIpc) is 3.92. The molecule has 12 aromatic rings. The molecule has 0 radical (unpaired) electrons. The molecule has 1 unspecified atom stereocenters. The number of fused-ring (bicyclic) bond motifs is 17. The van der Waals surface area contributed by atoms with Crippen molar-refractivity contribution in [3.8, 4) is 16.9 Å². The molecule has 4 aromatic heterocycles. The Kier molecular flexibility index (Phi) is 6.26. The molecule has 0 N–H and O–H groups in total. The van der Waals surface area contributed by atoms with Crippen LogP contribution in [0.5, 0.6) is 0 Å². The van der Waals surface area contributed by atoms with Crippen molar-refractivity contribution in [2.75, 3.05) is 0 Å². The Morgan fingerprint density at radius 3 is 2.35 bits per heavy atom. The number of hydrogen-bond acceptors (Lipinski definition) is 4. The Labute approximate surface area is 330 Å². The van der Waals surface area contributed by atoms with E-state index in [1.807, 2.05) is 11.3 Å². The van der Waals surface area contributed by atoms with Crippen molar-refractivity contribution in [1.82, 2.24) is 14.5 Å². The van der Waals surface area contributed by atoms with Gasteiger partial charge in [-0.05, 0) is 100 Å². The minimum absolute atomic E-state index is 0.323. The lowest BCUT2D eigenvalue weighted by molar-refractivity contribution is 0.670. The standard InChI is InChI=1S/C52H33N3OS/c1-28-10-9-15-39-46(28)48-40-25-34-24-31(33-20-22-37-36-13-6-8-17-44(36)57-45(37)27-33)18-19-32(34)26-43(40)56-51(48)50-47(39)38-14-5-7-16-42(38)55(50)52-29(2)53-41-23-21-30-11-3-4-12-35(30)49(41)54-52/h3-9,11-28H,10H2,1-2H3. The second-order valence-corrected chi connectivity index (χ2v) is 16.8. The van der Waals surface area contributed by atoms with Gasteiger partial charge in [0.2, 0.25) is 0 Å². The lowest BCUT2D eigenvalue weighted by Gasteiger charge is -2.21. The number of thiophene rings is 1. The first kappa shape index (κ1) is 31.4. The molecule has 4 heterocycles. The van der Waals surface area contributed by atoms with Crippen LogP contribution < -0.4 is 0 Å². The molecular formula is C52H33N3OS. The summed E-state index contributed by atoms with van der Waals surface area (Å²) >= 11 is 1.87. The highest BCUT2D eigenvalue weighted by molar-refractivity contribution is 7.25. The van der Waals surface area contributed by atoms with Crippen LogP contribution >= 0.6 is 11.3 Å². The first-order valence-corrected chi connectivity index (χ1v) is 20.5. The van der Waals surface area contributed by atoms with Crippen LogP contribution in [0, 0.1) is 6.92 Å². The Morgan fingerprint density at radius 2 is 1.42 bits per heavy atom. The number of rotatable bonds is 2. The smallest absolute Gasteiger partial charge is 0.160 e. The molecule has 0 saturated heterocycles. The first-order valence-electron chi connectivity index (χ1n) is 19.7. The molecule has 13 rings (SSSR count). The van der Waals surface area contributed by atoms with E-state index in [0.717, 1.165) is 72.7 Å². The van der Waals surface area contributed by atoms with Crippen molar-refractivity contribution in [3.63, 3.8) is 0 Å². The molecule has 0 aliphatic heterocycles. The van der Waals surface area contributed by atoms with Crippen LogP contribution in [0.3, 0.4) is 0 Å². The van der Waals surface area contributed by atoms with E-state index < -0.39 is 0 Å². The third kappa shape index (κ3) is 4.32. The van der Waals surface area contributed by atoms with Gasteiger partial charge in [0.25, 0.3) is 0 Å². The van der Waals surface area contributed by atoms with Gasteiger partial charge in [0.1, 0.15) is 5.58 Å². The van der Waals surface area contributed by atoms with E-state index in [2.05, 4.69) is 164 Å². The zero-order valence-electron chi connectivity index (χ0n) is 31.3. The fraction of sp³-hybridized carbons (Fsp3) is 0.0769. The molecule has 0 fully saturated rings. The molecule has 268 valence electrons. The Morgan fingerprint density at radius 1 is 0.649 bits per heavy atom. The van der Waals surface area contributed by atoms with Gasteiger partial charge >= 0.3 is 0 Å². The van der Waals surface area contributed by atoms with Crippen molar-refractivity contribution in [2.24, 2.45) is 0 Å². The highest BCUT2D eigenvalue weighted by atomic mass is 32.1. The maximum absolute atomic E-state index is 7.18. The summed E-state index contributed by atoms with van der Waals surface area (Å²) in [5.74, 6) is 1.15. The maximum atomic E-state index is 7.18. The largest absolute Gasteiger partial charge is 0.454 e. The van der Waals surface area contributed by atoms with Crippen LogP contribution in [0.2, 0.25) is 0 Å². The molecule has 0 spiro atoms. The Hall–Kier alpha value is -6.82. The van der Waals surface area contributed by atoms with Crippen molar-refractivity contribution in [1.29, 1.82) is 0 Å². The predicted octanol–water partition coefficient (Wildman–Crippen LogP) is 14.8. The van der Waals surface area contributed by atoms with E-state index in [-0.39, 0.29) is 0 Å². The third-order valence-corrected chi connectivity index (χ3v) is 13.6. The van der Waals surface area contributed by atoms with Gasteiger partial charge in [-0.2, -0.15) is 0 Å². The maximum Gasteiger partial charge on any atom is 0.160 e. The summed E-state index contributed by atoms with van der Waals surface area (Å²) in [7, 11) is 0. The van der Waals surface area contributed by atoms with Crippen molar-refractivity contribution < 1.29 is 4.42 Å². The monoisotopic (exact) mass is 747 g/mol. The summed E-state index contributed by atoms with van der Waals surface area (Å²) < 4.78 is 12.2. The number of aryl methyl sites for hydroxylation is 1. The highest BCUT2D eigenvalue weighted by Crippen LogP contribution is 2.50. The van der Waals surface area contributed by atoms with Crippen molar-refractivity contribution >= 4 is 114 Å². The van der Waals surface area contributed by atoms with Crippen molar-refractivity contribution in [2.45, 2.75) is 26.2 Å². The molecule has 1 atom stereocenters. The molecule has 4 nitrogen and oxygen atoms in total. The van der Waals surface area contributed by atoms with Gasteiger partial charge in [0, 0.05) is 47.1 Å².